The molecule has 33 heavy (non-hydrogen) atoms. The lowest BCUT2D eigenvalue weighted by atomic mass is 10.1. The fourth-order valence-electron chi connectivity index (χ4n) is 3.42. The maximum atomic E-state index is 13.1. The molecule has 1 fully saturated rings. The second kappa shape index (κ2) is 10.2. The topological polar surface area (TPSA) is 142 Å². The SMILES string of the molecule is CC(N)COc1cccc(-c2cnc(N)c(C(=O)Nc3cnccc3N3CCOCC3)n2)c1. The summed E-state index contributed by atoms with van der Waals surface area (Å²) in [6.45, 7) is 4.97. The summed E-state index contributed by atoms with van der Waals surface area (Å²) >= 11 is 0. The van der Waals surface area contributed by atoms with Gasteiger partial charge in [-0.25, -0.2) is 9.97 Å². The Morgan fingerprint density at radius 1 is 1.27 bits per heavy atom. The highest BCUT2D eigenvalue weighted by atomic mass is 16.5. The van der Waals surface area contributed by atoms with Crippen molar-refractivity contribution in [2.45, 2.75) is 13.0 Å². The Morgan fingerprint density at radius 3 is 2.88 bits per heavy atom. The van der Waals surface area contributed by atoms with Crippen LogP contribution in [0.4, 0.5) is 17.2 Å². The minimum absolute atomic E-state index is 0.0335. The van der Waals surface area contributed by atoms with Crippen molar-refractivity contribution in [3.05, 3.63) is 54.6 Å². The van der Waals surface area contributed by atoms with E-state index in [9.17, 15) is 4.79 Å². The van der Waals surface area contributed by atoms with Crippen LogP contribution in [0.25, 0.3) is 11.3 Å². The van der Waals surface area contributed by atoms with Gasteiger partial charge >= 0.3 is 0 Å². The maximum Gasteiger partial charge on any atom is 0.278 e. The van der Waals surface area contributed by atoms with E-state index in [1.807, 2.05) is 37.3 Å². The highest BCUT2D eigenvalue weighted by molar-refractivity contribution is 6.07. The molecule has 0 radical (unpaired) electrons. The van der Waals surface area contributed by atoms with Crippen LogP contribution in [0.5, 0.6) is 5.75 Å². The van der Waals surface area contributed by atoms with Gasteiger partial charge in [0.2, 0.25) is 0 Å². The maximum absolute atomic E-state index is 13.1. The molecule has 0 spiro atoms. The average molecular weight is 450 g/mol. The van der Waals surface area contributed by atoms with Gasteiger partial charge in [0, 0.05) is 30.9 Å². The number of amides is 1. The first-order valence-electron chi connectivity index (χ1n) is 10.7. The monoisotopic (exact) mass is 449 g/mol. The highest BCUT2D eigenvalue weighted by Gasteiger charge is 2.20. The second-order valence-electron chi connectivity index (χ2n) is 7.75. The summed E-state index contributed by atoms with van der Waals surface area (Å²) in [6.07, 6.45) is 4.82. The molecule has 0 bridgehead atoms. The van der Waals surface area contributed by atoms with Crippen LogP contribution in [0.1, 0.15) is 17.4 Å². The number of nitrogen functional groups attached to an aromatic ring is 1. The van der Waals surface area contributed by atoms with Crippen molar-refractivity contribution in [2.24, 2.45) is 5.73 Å². The van der Waals surface area contributed by atoms with Crippen LogP contribution in [0.2, 0.25) is 0 Å². The molecule has 4 rings (SSSR count). The number of hydrogen-bond donors (Lipinski definition) is 3. The largest absolute Gasteiger partial charge is 0.492 e. The van der Waals surface area contributed by atoms with E-state index >= 15 is 0 Å². The molecule has 10 heteroatoms. The van der Waals surface area contributed by atoms with Gasteiger partial charge in [0.05, 0.1) is 42.7 Å². The molecule has 10 nitrogen and oxygen atoms in total. The molecule has 2 aromatic heterocycles. The van der Waals surface area contributed by atoms with Crippen LogP contribution < -0.4 is 26.4 Å². The van der Waals surface area contributed by atoms with E-state index in [-0.39, 0.29) is 17.6 Å². The van der Waals surface area contributed by atoms with Crippen LogP contribution >= 0.6 is 0 Å². The van der Waals surface area contributed by atoms with Gasteiger partial charge in [0.15, 0.2) is 11.5 Å². The molecule has 1 atom stereocenters. The third kappa shape index (κ3) is 5.54. The smallest absolute Gasteiger partial charge is 0.278 e. The van der Waals surface area contributed by atoms with Gasteiger partial charge in [0.25, 0.3) is 5.91 Å². The lowest BCUT2D eigenvalue weighted by Gasteiger charge is -2.30. The minimum Gasteiger partial charge on any atom is -0.492 e. The number of aromatic nitrogens is 3. The first kappa shape index (κ1) is 22.4. The lowest BCUT2D eigenvalue weighted by Crippen LogP contribution is -2.36. The Labute approximate surface area is 191 Å². The van der Waals surface area contributed by atoms with E-state index in [1.165, 1.54) is 6.20 Å². The Bertz CT molecular complexity index is 1120. The average Bonchev–Trinajstić information content (AvgIpc) is 2.84. The predicted octanol–water partition coefficient (Wildman–Crippen LogP) is 1.94. The summed E-state index contributed by atoms with van der Waals surface area (Å²) in [5.74, 6) is 0.228. The Hall–Kier alpha value is -3.76. The molecule has 0 saturated carbocycles. The molecule has 172 valence electrons. The van der Waals surface area contributed by atoms with E-state index in [0.717, 1.165) is 24.3 Å². The molecule has 1 aromatic carbocycles. The Balaban J connectivity index is 1.57. The number of pyridine rings is 1. The number of anilines is 3. The standard InChI is InChI=1S/C23H27N7O3/c1-15(24)14-33-17-4-2-3-16(11-17)18-13-27-22(25)21(28-18)23(31)29-19-12-26-6-5-20(19)30-7-9-32-10-8-30/h2-6,11-13,15H,7-10,14,24H2,1H3,(H2,25,27)(H,29,31). The molecular weight excluding hydrogens is 422 g/mol. The molecule has 5 N–H and O–H groups in total. The number of hydrogen-bond acceptors (Lipinski definition) is 9. The van der Waals surface area contributed by atoms with E-state index in [1.54, 1.807) is 12.4 Å². The third-order valence-electron chi connectivity index (χ3n) is 5.06. The molecule has 3 heterocycles. The minimum atomic E-state index is -0.464. The number of nitrogens with one attached hydrogen (secondary N) is 1. The fraction of sp³-hybridized carbons (Fsp3) is 0.304. The molecule has 1 saturated heterocycles. The van der Waals surface area contributed by atoms with Gasteiger partial charge in [-0.2, -0.15) is 0 Å². The number of carbonyl (C=O) groups is 1. The van der Waals surface area contributed by atoms with Gasteiger partial charge < -0.3 is 31.2 Å². The number of morpholine rings is 1. The van der Waals surface area contributed by atoms with Crippen LogP contribution in [-0.2, 0) is 4.74 Å². The number of nitrogens with zero attached hydrogens (tertiary/aromatic N) is 4. The number of nitrogens with two attached hydrogens (primary N) is 2. The number of rotatable bonds is 7. The molecule has 1 aliphatic heterocycles. The quantitative estimate of drug-likeness (QED) is 0.493. The Morgan fingerprint density at radius 2 is 2.09 bits per heavy atom. The summed E-state index contributed by atoms with van der Waals surface area (Å²) in [6, 6.07) is 9.13. The van der Waals surface area contributed by atoms with Crippen LogP contribution in [0.3, 0.4) is 0 Å². The number of ether oxygens (including phenoxy) is 2. The van der Waals surface area contributed by atoms with Crippen LogP contribution in [0.15, 0.2) is 48.9 Å². The van der Waals surface area contributed by atoms with Crippen molar-refractivity contribution in [1.29, 1.82) is 0 Å². The van der Waals surface area contributed by atoms with Gasteiger partial charge in [-0.15, -0.1) is 0 Å². The predicted molar refractivity (Wildman–Crippen MR) is 126 cm³/mol. The van der Waals surface area contributed by atoms with Crippen molar-refractivity contribution in [1.82, 2.24) is 15.0 Å². The summed E-state index contributed by atoms with van der Waals surface area (Å²) in [4.78, 5) is 28.1. The van der Waals surface area contributed by atoms with Gasteiger partial charge in [0.1, 0.15) is 12.4 Å². The van der Waals surface area contributed by atoms with Crippen molar-refractivity contribution >= 4 is 23.1 Å². The first-order chi connectivity index (χ1) is 16.0. The molecule has 0 aliphatic carbocycles. The van der Waals surface area contributed by atoms with E-state index in [0.29, 0.717) is 37.0 Å². The van der Waals surface area contributed by atoms with Crippen molar-refractivity contribution in [3.8, 4) is 17.0 Å². The van der Waals surface area contributed by atoms with Gasteiger partial charge in [-0.1, -0.05) is 12.1 Å². The summed E-state index contributed by atoms with van der Waals surface area (Å²) in [5, 5.41) is 2.88. The van der Waals surface area contributed by atoms with Gasteiger partial charge in [-0.05, 0) is 25.1 Å². The molecule has 1 amide bonds. The zero-order valence-electron chi connectivity index (χ0n) is 18.4. The second-order valence-corrected chi connectivity index (χ2v) is 7.75. The molecule has 1 unspecified atom stereocenters. The number of benzene rings is 1. The van der Waals surface area contributed by atoms with Crippen LogP contribution in [0, 0.1) is 0 Å². The zero-order valence-corrected chi connectivity index (χ0v) is 18.4. The van der Waals surface area contributed by atoms with E-state index in [2.05, 4.69) is 25.2 Å². The summed E-state index contributed by atoms with van der Waals surface area (Å²) in [7, 11) is 0. The highest BCUT2D eigenvalue weighted by Crippen LogP contribution is 2.27. The van der Waals surface area contributed by atoms with Crippen molar-refractivity contribution in [2.75, 3.05) is 48.9 Å². The van der Waals surface area contributed by atoms with Crippen molar-refractivity contribution in [3.63, 3.8) is 0 Å². The molecular formula is C23H27N7O3. The summed E-state index contributed by atoms with van der Waals surface area (Å²) < 4.78 is 11.1. The first-order valence-corrected chi connectivity index (χ1v) is 10.7. The van der Waals surface area contributed by atoms with Gasteiger partial charge in [-0.3, -0.25) is 9.78 Å². The number of carbonyl (C=O) groups excluding carboxylic acids is 1. The Kier molecular flexibility index (Phi) is 6.96. The summed E-state index contributed by atoms with van der Waals surface area (Å²) in [5.41, 5.74) is 14.5. The van der Waals surface area contributed by atoms with Crippen LogP contribution in [-0.4, -0.2) is 59.8 Å². The fourth-order valence-corrected chi connectivity index (χ4v) is 3.42. The normalized spacial score (nSPS) is 14.5. The van der Waals surface area contributed by atoms with E-state index < -0.39 is 5.91 Å². The lowest BCUT2D eigenvalue weighted by molar-refractivity contribution is 0.102. The zero-order chi connectivity index (χ0) is 23.2. The van der Waals surface area contributed by atoms with E-state index in [4.69, 9.17) is 20.9 Å². The third-order valence-corrected chi connectivity index (χ3v) is 5.06. The molecule has 3 aromatic rings. The molecule has 1 aliphatic rings. The van der Waals surface area contributed by atoms with Crippen molar-refractivity contribution < 1.29 is 14.3 Å².